The number of ether oxygens (including phenoxy) is 1. The number of nitrogens with zero attached hydrogens (tertiary/aromatic N) is 2. The molecule has 1 N–H and O–H groups in total. The van der Waals surface area contributed by atoms with Crippen molar-refractivity contribution in [1.29, 1.82) is 0 Å². The first kappa shape index (κ1) is 21.3. The maximum Gasteiger partial charge on any atom is 0.261 e. The second-order valence-electron chi connectivity index (χ2n) is 7.51. The van der Waals surface area contributed by atoms with E-state index in [9.17, 15) is 4.79 Å². The third-order valence-corrected chi connectivity index (χ3v) is 6.29. The summed E-state index contributed by atoms with van der Waals surface area (Å²) in [7, 11) is 0. The summed E-state index contributed by atoms with van der Waals surface area (Å²) in [6, 6.07) is 26.9. The van der Waals surface area contributed by atoms with E-state index in [4.69, 9.17) is 9.15 Å². The first-order valence-corrected chi connectivity index (χ1v) is 11.6. The molecule has 1 saturated heterocycles. The minimum atomic E-state index is -0.163. The van der Waals surface area contributed by atoms with E-state index in [0.717, 1.165) is 27.4 Å². The number of rotatable bonds is 6. The fourth-order valence-corrected chi connectivity index (χ4v) is 4.63. The lowest BCUT2D eigenvalue weighted by molar-refractivity contribution is 0.0498. The van der Waals surface area contributed by atoms with Gasteiger partial charge in [-0.25, -0.2) is 4.98 Å². The average molecular weight is 458 g/mol. The highest BCUT2D eigenvalue weighted by atomic mass is 32.2. The number of hydrogen-bond donors (Lipinski definition) is 1. The summed E-state index contributed by atoms with van der Waals surface area (Å²) in [5.74, 6) is 0.564. The highest BCUT2D eigenvalue weighted by Crippen LogP contribution is 2.38. The molecule has 1 aromatic heterocycles. The van der Waals surface area contributed by atoms with Crippen LogP contribution in [0.1, 0.15) is 15.9 Å². The molecule has 7 heteroatoms. The van der Waals surface area contributed by atoms with Crippen LogP contribution in [-0.2, 0) is 4.74 Å². The molecule has 5 rings (SSSR count). The monoisotopic (exact) mass is 457 g/mol. The molecule has 1 fully saturated rings. The highest BCUT2D eigenvalue weighted by Gasteiger charge is 2.24. The van der Waals surface area contributed by atoms with Crippen LogP contribution < -0.4 is 5.32 Å². The Kier molecular flexibility index (Phi) is 6.41. The zero-order valence-corrected chi connectivity index (χ0v) is 18.8. The predicted octanol–water partition coefficient (Wildman–Crippen LogP) is 5.01. The Morgan fingerprint density at radius 1 is 0.848 bits per heavy atom. The van der Waals surface area contributed by atoms with Gasteiger partial charge >= 0.3 is 0 Å². The number of thioether (sulfide) groups is 1. The quantitative estimate of drug-likeness (QED) is 0.411. The van der Waals surface area contributed by atoms with Gasteiger partial charge in [-0.15, -0.1) is 0 Å². The standard InChI is InChI=1S/C26H23N3O3S/c30-25(20-11-5-2-6-12-20)28-24(29-15-17-31-18-16-29)23(19-9-3-1-4-10-19)33-26-27-21-13-7-8-14-22(21)32-26/h1-14H,15-18H2,(H,28,30)/b24-23+. The number of morpholine rings is 1. The third-order valence-electron chi connectivity index (χ3n) is 5.31. The number of benzene rings is 3. The Hall–Kier alpha value is -3.55. The molecule has 33 heavy (non-hydrogen) atoms. The number of oxazole rings is 1. The molecular weight excluding hydrogens is 434 g/mol. The van der Waals surface area contributed by atoms with E-state index in [2.05, 4.69) is 15.2 Å². The molecule has 3 aromatic carbocycles. The normalized spacial score (nSPS) is 14.7. The lowest BCUT2D eigenvalue weighted by atomic mass is 10.2. The van der Waals surface area contributed by atoms with Crippen LogP contribution in [0.5, 0.6) is 0 Å². The predicted molar refractivity (Wildman–Crippen MR) is 130 cm³/mol. The number of nitrogens with one attached hydrogen (secondary N) is 1. The average Bonchev–Trinajstić information content (AvgIpc) is 3.30. The van der Waals surface area contributed by atoms with Crippen molar-refractivity contribution in [3.05, 3.63) is 102 Å². The summed E-state index contributed by atoms with van der Waals surface area (Å²) in [4.78, 5) is 20.8. The number of para-hydroxylation sites is 2. The highest BCUT2D eigenvalue weighted by molar-refractivity contribution is 8.08. The third kappa shape index (κ3) is 4.94. The van der Waals surface area contributed by atoms with Gasteiger partial charge in [-0.05, 0) is 41.6 Å². The molecule has 2 heterocycles. The van der Waals surface area contributed by atoms with E-state index in [1.54, 1.807) is 0 Å². The minimum absolute atomic E-state index is 0.163. The van der Waals surface area contributed by atoms with Gasteiger partial charge in [0.05, 0.1) is 18.1 Å². The summed E-state index contributed by atoms with van der Waals surface area (Å²) in [5.41, 5.74) is 3.10. The minimum Gasteiger partial charge on any atom is -0.431 e. The SMILES string of the molecule is O=C(N/C(=C(\Sc1nc2ccccc2o1)c1ccccc1)N1CCOCC1)c1ccccc1. The van der Waals surface area contributed by atoms with E-state index >= 15 is 0 Å². The van der Waals surface area contributed by atoms with Gasteiger partial charge in [-0.1, -0.05) is 60.7 Å². The summed E-state index contributed by atoms with van der Waals surface area (Å²) >= 11 is 1.41. The number of aromatic nitrogens is 1. The van der Waals surface area contributed by atoms with Crippen LogP contribution in [0.4, 0.5) is 0 Å². The topological polar surface area (TPSA) is 67.6 Å². The molecule has 0 unspecified atom stereocenters. The van der Waals surface area contributed by atoms with E-state index in [0.29, 0.717) is 37.1 Å². The molecule has 1 aliphatic rings. The van der Waals surface area contributed by atoms with Crippen molar-refractivity contribution in [3.8, 4) is 0 Å². The van der Waals surface area contributed by atoms with E-state index in [1.807, 2.05) is 84.9 Å². The van der Waals surface area contributed by atoms with Gasteiger partial charge in [-0.2, -0.15) is 0 Å². The van der Waals surface area contributed by atoms with Crippen LogP contribution in [0.15, 0.2) is 100 Å². The van der Waals surface area contributed by atoms with E-state index in [1.165, 1.54) is 11.8 Å². The lowest BCUT2D eigenvalue weighted by Crippen LogP contribution is -2.42. The molecule has 0 bridgehead atoms. The Bertz CT molecular complexity index is 1230. The van der Waals surface area contributed by atoms with Crippen LogP contribution >= 0.6 is 11.8 Å². The Labute approximate surface area is 196 Å². The van der Waals surface area contributed by atoms with Gasteiger partial charge in [0.1, 0.15) is 11.3 Å². The van der Waals surface area contributed by atoms with Gasteiger partial charge in [0.25, 0.3) is 11.1 Å². The van der Waals surface area contributed by atoms with Gasteiger partial charge < -0.3 is 19.4 Å². The molecule has 6 nitrogen and oxygen atoms in total. The van der Waals surface area contributed by atoms with Gasteiger partial charge in [-0.3, -0.25) is 4.79 Å². The van der Waals surface area contributed by atoms with Crippen molar-refractivity contribution in [1.82, 2.24) is 15.2 Å². The van der Waals surface area contributed by atoms with Gasteiger partial charge in [0.15, 0.2) is 5.58 Å². The van der Waals surface area contributed by atoms with Crippen LogP contribution in [0.25, 0.3) is 16.0 Å². The molecule has 4 aromatic rings. The van der Waals surface area contributed by atoms with E-state index < -0.39 is 0 Å². The Morgan fingerprint density at radius 3 is 2.18 bits per heavy atom. The zero-order chi connectivity index (χ0) is 22.5. The largest absolute Gasteiger partial charge is 0.431 e. The maximum absolute atomic E-state index is 13.2. The summed E-state index contributed by atoms with van der Waals surface area (Å²) in [5, 5.41) is 3.70. The Morgan fingerprint density at radius 2 is 1.48 bits per heavy atom. The molecule has 1 amide bonds. The first-order valence-electron chi connectivity index (χ1n) is 10.8. The molecule has 0 radical (unpaired) electrons. The molecular formula is C26H23N3O3S. The number of amides is 1. The first-order chi connectivity index (χ1) is 16.3. The van der Waals surface area contributed by atoms with Crippen LogP contribution in [0.3, 0.4) is 0 Å². The fourth-order valence-electron chi connectivity index (χ4n) is 3.65. The van der Waals surface area contributed by atoms with Gasteiger partial charge in [0, 0.05) is 18.7 Å². The smallest absolute Gasteiger partial charge is 0.261 e. The van der Waals surface area contributed by atoms with Crippen molar-refractivity contribution in [2.75, 3.05) is 26.3 Å². The van der Waals surface area contributed by atoms with Crippen molar-refractivity contribution in [2.24, 2.45) is 0 Å². The molecule has 0 saturated carbocycles. The molecule has 166 valence electrons. The number of fused-ring (bicyclic) bond motifs is 1. The molecule has 0 spiro atoms. The van der Waals surface area contributed by atoms with Crippen molar-refractivity contribution >= 4 is 33.7 Å². The van der Waals surface area contributed by atoms with Gasteiger partial charge in [0.2, 0.25) is 0 Å². The van der Waals surface area contributed by atoms with E-state index in [-0.39, 0.29) is 5.91 Å². The van der Waals surface area contributed by atoms with Crippen molar-refractivity contribution < 1.29 is 13.9 Å². The molecule has 0 atom stereocenters. The second-order valence-corrected chi connectivity index (χ2v) is 8.47. The summed E-state index contributed by atoms with van der Waals surface area (Å²) in [6.07, 6.45) is 0. The van der Waals surface area contributed by atoms with Crippen LogP contribution in [0.2, 0.25) is 0 Å². The summed E-state index contributed by atoms with van der Waals surface area (Å²) < 4.78 is 11.6. The van der Waals surface area contributed by atoms with Crippen LogP contribution in [-0.4, -0.2) is 42.1 Å². The molecule has 0 aliphatic carbocycles. The number of carbonyl (C=O) groups is 1. The fraction of sp³-hybridized carbons (Fsp3) is 0.154. The zero-order valence-electron chi connectivity index (χ0n) is 17.9. The lowest BCUT2D eigenvalue weighted by Gasteiger charge is -2.32. The second kappa shape index (κ2) is 9.94. The Balaban J connectivity index is 1.59. The van der Waals surface area contributed by atoms with Crippen molar-refractivity contribution in [3.63, 3.8) is 0 Å². The molecule has 1 aliphatic heterocycles. The maximum atomic E-state index is 13.2. The number of hydrogen-bond acceptors (Lipinski definition) is 6. The van der Waals surface area contributed by atoms with Crippen LogP contribution in [0, 0.1) is 0 Å². The van der Waals surface area contributed by atoms with Crippen molar-refractivity contribution in [2.45, 2.75) is 5.22 Å². The summed E-state index contributed by atoms with van der Waals surface area (Å²) in [6.45, 7) is 2.55. The number of carbonyl (C=O) groups excluding carboxylic acids is 1.